The van der Waals surface area contributed by atoms with Gasteiger partial charge in [0.05, 0.1) is 12.0 Å². The molecule has 0 unspecified atom stereocenters. The highest BCUT2D eigenvalue weighted by atomic mass is 32.2. The fourth-order valence-corrected chi connectivity index (χ4v) is 5.11. The highest BCUT2D eigenvalue weighted by molar-refractivity contribution is 8.01. The summed E-state index contributed by atoms with van der Waals surface area (Å²) in [5, 5.41) is 0.672. The molecule has 0 aliphatic carbocycles. The lowest BCUT2D eigenvalue weighted by Gasteiger charge is -2.29. The number of amides is 1. The van der Waals surface area contributed by atoms with E-state index in [0.717, 1.165) is 6.42 Å². The summed E-state index contributed by atoms with van der Waals surface area (Å²) in [6.45, 7) is 1.92. The molecule has 0 bridgehead atoms. The molecule has 1 aromatic carbocycles. The number of ether oxygens (including phenoxy) is 2. The molecule has 1 amide bonds. The second-order valence-electron chi connectivity index (χ2n) is 6.83. The van der Waals surface area contributed by atoms with Crippen molar-refractivity contribution >= 4 is 34.6 Å². The van der Waals surface area contributed by atoms with Crippen LogP contribution in [0.5, 0.6) is 5.75 Å². The second-order valence-corrected chi connectivity index (χ2v) is 8.33. The molecule has 2 aromatic rings. The van der Waals surface area contributed by atoms with Gasteiger partial charge in [-0.15, -0.1) is 11.8 Å². The number of carbonyl (C=O) groups is 2. The van der Waals surface area contributed by atoms with Gasteiger partial charge in [0.2, 0.25) is 5.91 Å². The van der Waals surface area contributed by atoms with Gasteiger partial charge in [-0.25, -0.2) is 9.59 Å². The number of hydrogen-bond acceptors (Lipinski definition) is 7. The summed E-state index contributed by atoms with van der Waals surface area (Å²) in [5.41, 5.74) is 0.394. The Hall–Kier alpha value is -2.48. The third-order valence-corrected chi connectivity index (χ3v) is 6.63. The Kier molecular flexibility index (Phi) is 4.38. The van der Waals surface area contributed by atoms with E-state index in [9.17, 15) is 14.4 Å². The van der Waals surface area contributed by atoms with Crippen molar-refractivity contribution in [3.63, 3.8) is 0 Å². The number of thioether (sulfide) groups is 1. The Labute approximate surface area is 159 Å². The first-order chi connectivity index (χ1) is 12.9. The number of nitrogens with zero attached hydrogens (tertiary/aromatic N) is 1. The summed E-state index contributed by atoms with van der Waals surface area (Å²) in [4.78, 5) is 38.0. The van der Waals surface area contributed by atoms with Crippen LogP contribution >= 0.6 is 11.8 Å². The van der Waals surface area contributed by atoms with Gasteiger partial charge in [-0.1, -0.05) is 0 Å². The standard InChI is InChI=1S/C19H19NO6S/c1-19-6-5-16(21)20(19)14(10-27-19)18(23)25-9-11-7-17(22)26-15-8-12(24-2)3-4-13(11)15/h3-4,7-8,14H,5-6,9-10H2,1-2H3/t14-,19+/m1/s1. The van der Waals surface area contributed by atoms with Crippen molar-refractivity contribution in [3.05, 3.63) is 40.2 Å². The molecule has 142 valence electrons. The van der Waals surface area contributed by atoms with E-state index in [2.05, 4.69) is 0 Å². The number of carbonyl (C=O) groups excluding carboxylic acids is 2. The van der Waals surface area contributed by atoms with Crippen LogP contribution in [-0.4, -0.2) is 40.6 Å². The molecule has 2 fully saturated rings. The van der Waals surface area contributed by atoms with Gasteiger partial charge in [-0.2, -0.15) is 0 Å². The Morgan fingerprint density at radius 1 is 1.37 bits per heavy atom. The Bertz CT molecular complexity index is 986. The predicted molar refractivity (Wildman–Crippen MR) is 99.6 cm³/mol. The van der Waals surface area contributed by atoms with Crippen molar-refractivity contribution < 1.29 is 23.5 Å². The van der Waals surface area contributed by atoms with Crippen molar-refractivity contribution in [3.8, 4) is 5.75 Å². The van der Waals surface area contributed by atoms with Crippen LogP contribution in [-0.2, 0) is 20.9 Å². The van der Waals surface area contributed by atoms with E-state index in [1.807, 2.05) is 6.92 Å². The van der Waals surface area contributed by atoms with Crippen molar-refractivity contribution in [1.29, 1.82) is 0 Å². The average molecular weight is 389 g/mol. The summed E-state index contributed by atoms with van der Waals surface area (Å²) in [5.74, 6) is 0.629. The Morgan fingerprint density at radius 3 is 2.96 bits per heavy atom. The first-order valence-corrected chi connectivity index (χ1v) is 9.63. The minimum atomic E-state index is -0.582. The molecule has 0 radical (unpaired) electrons. The summed E-state index contributed by atoms with van der Waals surface area (Å²) in [6, 6.07) is 5.85. The van der Waals surface area contributed by atoms with Crippen LogP contribution in [0.4, 0.5) is 0 Å². The number of fused-ring (bicyclic) bond motifs is 2. The lowest BCUT2D eigenvalue weighted by atomic mass is 10.1. The molecule has 27 heavy (non-hydrogen) atoms. The molecule has 7 nitrogen and oxygen atoms in total. The molecular weight excluding hydrogens is 370 g/mol. The third-order valence-electron chi connectivity index (χ3n) is 5.12. The van der Waals surface area contributed by atoms with Gasteiger partial charge in [-0.05, 0) is 25.5 Å². The monoisotopic (exact) mass is 389 g/mol. The molecule has 2 saturated heterocycles. The second kappa shape index (κ2) is 6.60. The highest BCUT2D eigenvalue weighted by Gasteiger charge is 2.53. The topological polar surface area (TPSA) is 86.0 Å². The maximum Gasteiger partial charge on any atom is 0.336 e. The van der Waals surface area contributed by atoms with Crippen LogP contribution in [0.1, 0.15) is 25.3 Å². The third kappa shape index (κ3) is 3.07. The smallest absolute Gasteiger partial charge is 0.336 e. The van der Waals surface area contributed by atoms with E-state index >= 15 is 0 Å². The minimum Gasteiger partial charge on any atom is -0.497 e. The maximum absolute atomic E-state index is 12.6. The van der Waals surface area contributed by atoms with Crippen LogP contribution < -0.4 is 10.4 Å². The summed E-state index contributed by atoms with van der Waals surface area (Å²) < 4.78 is 15.8. The Balaban J connectivity index is 1.54. The molecule has 0 saturated carbocycles. The Morgan fingerprint density at radius 2 is 2.19 bits per heavy atom. The van der Waals surface area contributed by atoms with Crippen molar-refractivity contribution in [2.45, 2.75) is 37.3 Å². The fourth-order valence-electron chi connectivity index (χ4n) is 3.70. The van der Waals surface area contributed by atoms with Crippen molar-refractivity contribution in [2.24, 2.45) is 0 Å². The molecule has 4 rings (SSSR count). The summed E-state index contributed by atoms with van der Waals surface area (Å²) in [7, 11) is 1.53. The van der Waals surface area contributed by atoms with Gasteiger partial charge in [0.1, 0.15) is 24.0 Å². The van der Waals surface area contributed by atoms with Gasteiger partial charge in [0.15, 0.2) is 0 Å². The normalized spacial score (nSPS) is 24.3. The van der Waals surface area contributed by atoms with Gasteiger partial charge in [0.25, 0.3) is 0 Å². The van der Waals surface area contributed by atoms with Gasteiger partial charge in [0, 0.05) is 35.3 Å². The average Bonchev–Trinajstić information content (AvgIpc) is 3.14. The fraction of sp³-hybridized carbons (Fsp3) is 0.421. The quantitative estimate of drug-likeness (QED) is 0.586. The first kappa shape index (κ1) is 17.9. The molecule has 2 atom stereocenters. The van der Waals surface area contributed by atoms with Crippen LogP contribution in [0.2, 0.25) is 0 Å². The van der Waals surface area contributed by atoms with Crippen LogP contribution in [0.25, 0.3) is 11.0 Å². The van der Waals surface area contributed by atoms with E-state index in [4.69, 9.17) is 13.9 Å². The predicted octanol–water partition coefficient (Wildman–Crippen LogP) is 2.30. The number of hydrogen-bond donors (Lipinski definition) is 0. The highest BCUT2D eigenvalue weighted by Crippen LogP contribution is 2.47. The van der Waals surface area contributed by atoms with E-state index < -0.39 is 17.6 Å². The molecule has 0 N–H and O–H groups in total. The van der Waals surface area contributed by atoms with Crippen LogP contribution in [0.15, 0.2) is 33.5 Å². The van der Waals surface area contributed by atoms with Crippen molar-refractivity contribution in [1.82, 2.24) is 4.90 Å². The number of methoxy groups -OCH3 is 1. The lowest BCUT2D eigenvalue weighted by molar-refractivity contribution is -0.154. The lowest BCUT2D eigenvalue weighted by Crippen LogP contribution is -2.46. The molecule has 0 spiro atoms. The summed E-state index contributed by atoms with van der Waals surface area (Å²) in [6.07, 6.45) is 1.20. The zero-order chi connectivity index (χ0) is 19.2. The molecular formula is C19H19NO6S. The first-order valence-electron chi connectivity index (χ1n) is 8.65. The van der Waals surface area contributed by atoms with E-state index in [-0.39, 0.29) is 17.4 Å². The number of esters is 1. The van der Waals surface area contributed by atoms with E-state index in [1.165, 1.54) is 13.2 Å². The molecule has 2 aliphatic heterocycles. The summed E-state index contributed by atoms with van der Waals surface area (Å²) >= 11 is 1.61. The number of rotatable bonds is 4. The molecule has 3 heterocycles. The molecule has 1 aromatic heterocycles. The minimum absolute atomic E-state index is 0.0117. The zero-order valence-corrected chi connectivity index (χ0v) is 15.8. The van der Waals surface area contributed by atoms with Crippen molar-refractivity contribution in [2.75, 3.05) is 12.9 Å². The zero-order valence-electron chi connectivity index (χ0n) is 15.0. The number of benzene rings is 1. The largest absolute Gasteiger partial charge is 0.497 e. The van der Waals surface area contributed by atoms with Crippen LogP contribution in [0.3, 0.4) is 0 Å². The van der Waals surface area contributed by atoms with E-state index in [1.54, 1.807) is 34.9 Å². The molecule has 8 heteroatoms. The van der Waals surface area contributed by atoms with E-state index in [0.29, 0.717) is 34.5 Å². The van der Waals surface area contributed by atoms with Gasteiger partial charge in [-0.3, -0.25) is 4.79 Å². The van der Waals surface area contributed by atoms with Gasteiger partial charge >= 0.3 is 11.6 Å². The molecule has 2 aliphatic rings. The van der Waals surface area contributed by atoms with Gasteiger partial charge < -0.3 is 18.8 Å². The SMILES string of the molecule is COc1ccc2c(COC(=O)[C@H]3CS[C@@]4(C)CCC(=O)N34)cc(=O)oc2c1. The maximum atomic E-state index is 12.6. The van der Waals surface area contributed by atoms with Crippen LogP contribution in [0, 0.1) is 0 Å².